The minimum Gasteiger partial charge on any atom is -0.477 e. The van der Waals surface area contributed by atoms with Crippen LogP contribution in [0.5, 0.6) is 0 Å². The number of carbonyl (C=O) groups is 1. The molecule has 1 atom stereocenters. The molecule has 0 saturated heterocycles. The molecule has 104 valence electrons. The number of halogens is 2. The quantitative estimate of drug-likeness (QED) is 0.872. The number of benzene rings is 1. The minimum atomic E-state index is -1.37. The monoisotopic (exact) mass is 279 g/mol. The van der Waals surface area contributed by atoms with Crippen molar-refractivity contribution >= 4 is 16.9 Å². The van der Waals surface area contributed by atoms with E-state index in [0.717, 1.165) is 6.07 Å². The maximum atomic E-state index is 13.9. The molecule has 1 aromatic carbocycles. The minimum absolute atomic E-state index is 0.0754. The Labute approximate surface area is 112 Å². The van der Waals surface area contributed by atoms with E-state index < -0.39 is 28.6 Å². The number of hydrogen-bond donors (Lipinski definition) is 1. The first kappa shape index (κ1) is 12.8. The van der Waals surface area contributed by atoms with E-state index in [4.69, 9.17) is 5.11 Å². The zero-order valence-electron chi connectivity index (χ0n) is 10.6. The van der Waals surface area contributed by atoms with Gasteiger partial charge in [0.1, 0.15) is 5.56 Å². The summed E-state index contributed by atoms with van der Waals surface area (Å²) in [5, 5.41) is 8.98. The molecule has 2 heterocycles. The van der Waals surface area contributed by atoms with Crippen LogP contribution in [-0.4, -0.2) is 15.6 Å². The first-order chi connectivity index (χ1) is 9.41. The van der Waals surface area contributed by atoms with Crippen molar-refractivity contribution in [1.82, 2.24) is 4.57 Å². The Hall–Kier alpha value is -2.24. The third kappa shape index (κ3) is 1.57. The van der Waals surface area contributed by atoms with Gasteiger partial charge in [-0.3, -0.25) is 4.79 Å². The summed E-state index contributed by atoms with van der Waals surface area (Å²) in [5.41, 5.74) is -0.758. The van der Waals surface area contributed by atoms with Crippen LogP contribution in [0.4, 0.5) is 8.78 Å². The molecular weight excluding hydrogens is 268 g/mol. The smallest absolute Gasteiger partial charge is 0.341 e. The van der Waals surface area contributed by atoms with Gasteiger partial charge in [-0.1, -0.05) is 0 Å². The zero-order valence-corrected chi connectivity index (χ0v) is 10.6. The van der Waals surface area contributed by atoms with E-state index in [-0.39, 0.29) is 17.0 Å². The second-order valence-corrected chi connectivity index (χ2v) is 5.02. The van der Waals surface area contributed by atoms with Crippen LogP contribution >= 0.6 is 0 Å². The van der Waals surface area contributed by atoms with Gasteiger partial charge in [-0.2, -0.15) is 0 Å². The van der Waals surface area contributed by atoms with Gasteiger partial charge in [0.2, 0.25) is 5.43 Å². The molecule has 0 aliphatic carbocycles. The van der Waals surface area contributed by atoms with Gasteiger partial charge in [0, 0.05) is 23.2 Å². The first-order valence-corrected chi connectivity index (χ1v) is 6.21. The molecule has 0 radical (unpaired) electrons. The first-order valence-electron chi connectivity index (χ1n) is 6.21. The Morgan fingerprint density at radius 2 is 2.15 bits per heavy atom. The molecule has 0 fully saturated rings. The van der Waals surface area contributed by atoms with Gasteiger partial charge in [-0.15, -0.1) is 0 Å². The fourth-order valence-electron chi connectivity index (χ4n) is 2.76. The molecule has 0 saturated carbocycles. The van der Waals surface area contributed by atoms with E-state index in [0.29, 0.717) is 18.4 Å². The third-order valence-corrected chi connectivity index (χ3v) is 3.82. The largest absolute Gasteiger partial charge is 0.477 e. The van der Waals surface area contributed by atoms with Crippen molar-refractivity contribution in [1.29, 1.82) is 0 Å². The summed E-state index contributed by atoms with van der Waals surface area (Å²) in [6.45, 7) is 1.85. The predicted molar refractivity (Wildman–Crippen MR) is 68.1 cm³/mol. The Morgan fingerprint density at radius 1 is 1.45 bits per heavy atom. The average molecular weight is 279 g/mol. The van der Waals surface area contributed by atoms with Gasteiger partial charge < -0.3 is 9.67 Å². The van der Waals surface area contributed by atoms with Crippen LogP contribution in [-0.2, 0) is 6.42 Å². The SMILES string of the molecule is CC1CCc2c(F)c(F)cc3c(=O)c(C(=O)O)cn1c23. The Balaban J connectivity index is 2.57. The molecule has 4 nitrogen and oxygen atoms in total. The molecule has 1 aliphatic rings. The second-order valence-electron chi connectivity index (χ2n) is 5.02. The van der Waals surface area contributed by atoms with Gasteiger partial charge in [0.05, 0.1) is 5.52 Å². The van der Waals surface area contributed by atoms with Crippen molar-refractivity contribution in [3.8, 4) is 0 Å². The van der Waals surface area contributed by atoms with Crippen LogP contribution in [0.3, 0.4) is 0 Å². The highest BCUT2D eigenvalue weighted by molar-refractivity contribution is 5.93. The predicted octanol–water partition coefficient (Wildman–Crippen LogP) is 2.49. The lowest BCUT2D eigenvalue weighted by atomic mass is 9.95. The lowest BCUT2D eigenvalue weighted by Crippen LogP contribution is -2.24. The molecule has 1 aromatic heterocycles. The van der Waals surface area contributed by atoms with E-state index in [1.807, 2.05) is 6.92 Å². The fraction of sp³-hybridized carbons (Fsp3) is 0.286. The van der Waals surface area contributed by atoms with Crippen LogP contribution in [0, 0.1) is 11.6 Å². The summed E-state index contributed by atoms with van der Waals surface area (Å²) in [6.07, 6.45) is 2.11. The number of pyridine rings is 1. The lowest BCUT2D eigenvalue weighted by molar-refractivity contribution is 0.0694. The summed E-state index contributed by atoms with van der Waals surface area (Å²) in [6, 6.07) is 0.714. The van der Waals surface area contributed by atoms with E-state index in [1.54, 1.807) is 4.57 Å². The molecule has 1 aliphatic heterocycles. The number of hydrogen-bond acceptors (Lipinski definition) is 2. The number of carboxylic acid groups (broad SMARTS) is 1. The molecule has 3 rings (SSSR count). The fourth-order valence-corrected chi connectivity index (χ4v) is 2.76. The maximum absolute atomic E-state index is 13.9. The van der Waals surface area contributed by atoms with E-state index in [1.165, 1.54) is 6.20 Å². The lowest BCUT2D eigenvalue weighted by Gasteiger charge is -2.26. The van der Waals surface area contributed by atoms with E-state index >= 15 is 0 Å². The number of carboxylic acids is 1. The van der Waals surface area contributed by atoms with Crippen molar-refractivity contribution < 1.29 is 18.7 Å². The van der Waals surface area contributed by atoms with Crippen LogP contribution in [0.1, 0.15) is 35.3 Å². The summed E-state index contributed by atoms with van der Waals surface area (Å²) in [7, 11) is 0. The molecule has 0 bridgehead atoms. The van der Waals surface area contributed by atoms with Crippen LogP contribution < -0.4 is 5.43 Å². The molecular formula is C14H11F2NO3. The standard InChI is InChI=1S/C14H11F2NO3/c1-6-2-3-7-11(16)10(15)4-8-12(7)17(6)5-9(13(8)18)14(19)20/h4-6H,2-3H2,1H3,(H,19,20). The highest BCUT2D eigenvalue weighted by Gasteiger charge is 2.26. The molecule has 20 heavy (non-hydrogen) atoms. The molecule has 0 spiro atoms. The zero-order chi connectivity index (χ0) is 14.6. The summed E-state index contributed by atoms with van der Waals surface area (Å²) in [5.74, 6) is -3.45. The molecule has 1 N–H and O–H groups in total. The number of aryl methyl sites for hydroxylation is 1. The molecule has 0 amide bonds. The van der Waals surface area contributed by atoms with Crippen molar-refractivity contribution in [2.24, 2.45) is 0 Å². The Kier molecular flexibility index (Phi) is 2.64. The maximum Gasteiger partial charge on any atom is 0.341 e. The van der Waals surface area contributed by atoms with Gasteiger partial charge in [-0.25, -0.2) is 13.6 Å². The summed E-state index contributed by atoms with van der Waals surface area (Å²) >= 11 is 0. The second kappa shape index (κ2) is 4.13. The number of aromatic carboxylic acids is 1. The van der Waals surface area contributed by atoms with Crippen molar-refractivity contribution in [3.63, 3.8) is 0 Å². The molecule has 6 heteroatoms. The number of rotatable bonds is 1. The summed E-state index contributed by atoms with van der Waals surface area (Å²) < 4.78 is 29.0. The Morgan fingerprint density at radius 3 is 2.80 bits per heavy atom. The van der Waals surface area contributed by atoms with Crippen LogP contribution in [0.15, 0.2) is 17.1 Å². The summed E-state index contributed by atoms with van der Waals surface area (Å²) in [4.78, 5) is 23.2. The number of nitrogens with zero attached hydrogens (tertiary/aromatic N) is 1. The normalized spacial score (nSPS) is 17.4. The van der Waals surface area contributed by atoms with E-state index in [2.05, 4.69) is 0 Å². The van der Waals surface area contributed by atoms with Gasteiger partial charge in [0.25, 0.3) is 0 Å². The average Bonchev–Trinajstić information content (AvgIpc) is 2.39. The van der Waals surface area contributed by atoms with Gasteiger partial charge >= 0.3 is 5.97 Å². The van der Waals surface area contributed by atoms with Crippen LogP contribution in [0.25, 0.3) is 10.9 Å². The van der Waals surface area contributed by atoms with Crippen molar-refractivity contribution in [2.45, 2.75) is 25.8 Å². The molecule has 1 unspecified atom stereocenters. The number of aromatic nitrogens is 1. The highest BCUT2D eigenvalue weighted by atomic mass is 19.2. The Bertz CT molecular complexity index is 810. The van der Waals surface area contributed by atoms with Crippen molar-refractivity contribution in [2.75, 3.05) is 0 Å². The molecule has 2 aromatic rings. The van der Waals surface area contributed by atoms with E-state index in [9.17, 15) is 18.4 Å². The highest BCUT2D eigenvalue weighted by Crippen LogP contribution is 2.32. The third-order valence-electron chi connectivity index (χ3n) is 3.82. The van der Waals surface area contributed by atoms with Crippen molar-refractivity contribution in [3.05, 3.63) is 45.2 Å². The van der Waals surface area contributed by atoms with Crippen LogP contribution in [0.2, 0.25) is 0 Å². The topological polar surface area (TPSA) is 59.3 Å². The van der Waals surface area contributed by atoms with Gasteiger partial charge in [-0.05, 0) is 25.8 Å². The van der Waals surface area contributed by atoms with Gasteiger partial charge in [0.15, 0.2) is 11.6 Å².